The van der Waals surface area contributed by atoms with Crippen molar-refractivity contribution in [2.45, 2.75) is 12.3 Å². The van der Waals surface area contributed by atoms with Gasteiger partial charge in [-0.15, -0.1) is 0 Å². The van der Waals surface area contributed by atoms with Crippen molar-refractivity contribution < 1.29 is 15.0 Å². The average molecular weight is 235 g/mol. The number of carboxylic acids is 1. The number of aliphatic hydroxyl groups excluding tert-OH is 1. The number of aromatic amines is 2. The summed E-state index contributed by atoms with van der Waals surface area (Å²) in [6, 6.07) is 0. The minimum absolute atomic E-state index is 0.00713. The summed E-state index contributed by atoms with van der Waals surface area (Å²) in [6.07, 6.45) is 0.454. The van der Waals surface area contributed by atoms with Crippen molar-refractivity contribution in [1.29, 1.82) is 0 Å². The van der Waals surface area contributed by atoms with E-state index in [-0.39, 0.29) is 18.2 Å². The summed E-state index contributed by atoms with van der Waals surface area (Å²) in [7, 11) is 0. The van der Waals surface area contributed by atoms with Gasteiger partial charge in [0.05, 0.1) is 12.3 Å². The zero-order valence-corrected chi connectivity index (χ0v) is 8.64. The molecule has 1 unspecified atom stereocenters. The number of nitrogens with zero attached hydrogens (tertiary/aromatic N) is 3. The molecule has 88 valence electrons. The molecule has 1 aliphatic carbocycles. The summed E-state index contributed by atoms with van der Waals surface area (Å²) in [5, 5.41) is 35.2. The highest BCUT2D eigenvalue weighted by molar-refractivity contribution is 5.90. The predicted octanol–water partition coefficient (Wildman–Crippen LogP) is -0.475. The number of carboxylic acid groups (broad SMARTS) is 1. The van der Waals surface area contributed by atoms with E-state index < -0.39 is 5.97 Å². The summed E-state index contributed by atoms with van der Waals surface area (Å²) >= 11 is 0. The molecular weight excluding hydrogens is 226 g/mol. The third-order valence-electron chi connectivity index (χ3n) is 2.93. The van der Waals surface area contributed by atoms with Gasteiger partial charge in [0, 0.05) is 17.9 Å². The molecule has 0 fully saturated rings. The largest absolute Gasteiger partial charge is 0.477 e. The first-order chi connectivity index (χ1) is 8.22. The minimum atomic E-state index is -1.09. The highest BCUT2D eigenvalue weighted by atomic mass is 16.4. The molecule has 2 heterocycles. The first-order valence-electron chi connectivity index (χ1n) is 5.04. The van der Waals surface area contributed by atoms with Crippen LogP contribution in [-0.4, -0.2) is 48.4 Å². The fraction of sp³-hybridized carbons (Fsp3) is 0.333. The first-order valence-corrected chi connectivity index (χ1v) is 5.04. The number of aliphatic hydroxyl groups is 1. The fourth-order valence-electron chi connectivity index (χ4n) is 2.17. The zero-order valence-electron chi connectivity index (χ0n) is 8.64. The van der Waals surface area contributed by atoms with Gasteiger partial charge in [-0.1, -0.05) is 0 Å². The summed E-state index contributed by atoms with van der Waals surface area (Å²) < 4.78 is 0. The Labute approximate surface area is 94.7 Å². The molecule has 1 aliphatic rings. The summed E-state index contributed by atoms with van der Waals surface area (Å²) in [5.74, 6) is -1.41. The van der Waals surface area contributed by atoms with E-state index in [0.29, 0.717) is 29.1 Å². The number of hydrogen-bond donors (Lipinski definition) is 4. The number of H-pyrrole nitrogens is 2. The molecule has 8 nitrogen and oxygen atoms in total. The van der Waals surface area contributed by atoms with E-state index in [1.807, 2.05) is 0 Å². The molecule has 8 heteroatoms. The van der Waals surface area contributed by atoms with Crippen molar-refractivity contribution in [2.24, 2.45) is 0 Å². The molecule has 3 rings (SSSR count). The van der Waals surface area contributed by atoms with E-state index in [1.54, 1.807) is 0 Å². The maximum atomic E-state index is 11.0. The number of carbonyl (C=O) groups is 1. The Balaban J connectivity index is 2.24. The molecular formula is C9H9N5O3. The standard InChI is InChI=1S/C9H9N5O3/c15-2-3-1-4-6(13-14-10-4)7-5(3)8(9(16)17)12-11-7/h3,15H,1-2H2,(H,11,12)(H,16,17)(H,10,13,14). The SMILES string of the molecule is O=C(O)c1[nH]nc2c1C(CO)Cc1n[nH]nc1-2. The van der Waals surface area contributed by atoms with Crippen LogP contribution in [-0.2, 0) is 6.42 Å². The molecule has 2 aromatic rings. The van der Waals surface area contributed by atoms with Gasteiger partial charge in [-0.25, -0.2) is 4.79 Å². The molecule has 4 N–H and O–H groups in total. The maximum Gasteiger partial charge on any atom is 0.354 e. The van der Waals surface area contributed by atoms with Gasteiger partial charge in [-0.05, 0) is 0 Å². The number of aromatic carboxylic acids is 1. The zero-order chi connectivity index (χ0) is 12.0. The molecule has 0 spiro atoms. The minimum Gasteiger partial charge on any atom is -0.477 e. The van der Waals surface area contributed by atoms with E-state index in [4.69, 9.17) is 5.11 Å². The molecule has 0 saturated heterocycles. The van der Waals surface area contributed by atoms with Crippen LogP contribution in [0.3, 0.4) is 0 Å². The van der Waals surface area contributed by atoms with Gasteiger partial charge >= 0.3 is 5.97 Å². The Hall–Kier alpha value is -2.22. The normalized spacial score (nSPS) is 17.6. The van der Waals surface area contributed by atoms with Crippen LogP contribution in [0.2, 0.25) is 0 Å². The van der Waals surface area contributed by atoms with Gasteiger partial charge in [-0.2, -0.15) is 20.5 Å². The van der Waals surface area contributed by atoms with Crippen molar-refractivity contribution in [3.63, 3.8) is 0 Å². The van der Waals surface area contributed by atoms with Crippen molar-refractivity contribution in [2.75, 3.05) is 6.61 Å². The second kappa shape index (κ2) is 3.39. The van der Waals surface area contributed by atoms with Crippen molar-refractivity contribution in [3.05, 3.63) is 17.0 Å². The lowest BCUT2D eigenvalue weighted by atomic mass is 9.86. The average Bonchev–Trinajstić information content (AvgIpc) is 2.93. The second-order valence-electron chi connectivity index (χ2n) is 3.87. The Morgan fingerprint density at radius 2 is 2.18 bits per heavy atom. The van der Waals surface area contributed by atoms with Crippen molar-refractivity contribution in [1.82, 2.24) is 25.6 Å². The molecule has 0 bridgehead atoms. The van der Waals surface area contributed by atoms with Gasteiger partial charge in [-0.3, -0.25) is 5.10 Å². The van der Waals surface area contributed by atoms with Crippen LogP contribution < -0.4 is 0 Å². The number of aromatic nitrogens is 5. The van der Waals surface area contributed by atoms with Crippen molar-refractivity contribution in [3.8, 4) is 11.4 Å². The maximum absolute atomic E-state index is 11.0. The Morgan fingerprint density at radius 1 is 1.35 bits per heavy atom. The van der Waals surface area contributed by atoms with Crippen LogP contribution in [0, 0.1) is 0 Å². The van der Waals surface area contributed by atoms with Crippen LogP contribution in [0.4, 0.5) is 0 Å². The van der Waals surface area contributed by atoms with Gasteiger partial charge in [0.25, 0.3) is 0 Å². The van der Waals surface area contributed by atoms with Crippen LogP contribution in [0.25, 0.3) is 11.4 Å². The van der Waals surface area contributed by atoms with Crippen LogP contribution in [0.5, 0.6) is 0 Å². The lowest BCUT2D eigenvalue weighted by Gasteiger charge is -2.18. The molecule has 0 saturated carbocycles. The molecule has 0 aliphatic heterocycles. The molecule has 0 amide bonds. The monoisotopic (exact) mass is 235 g/mol. The number of rotatable bonds is 2. The molecule has 17 heavy (non-hydrogen) atoms. The van der Waals surface area contributed by atoms with Crippen LogP contribution in [0.1, 0.15) is 27.7 Å². The number of fused-ring (bicyclic) bond motifs is 3. The van der Waals surface area contributed by atoms with Gasteiger partial charge in [0.2, 0.25) is 0 Å². The quantitative estimate of drug-likeness (QED) is 0.556. The molecule has 2 aromatic heterocycles. The molecule has 0 radical (unpaired) electrons. The van der Waals surface area contributed by atoms with E-state index in [0.717, 1.165) is 0 Å². The van der Waals surface area contributed by atoms with Crippen molar-refractivity contribution >= 4 is 5.97 Å². The van der Waals surface area contributed by atoms with E-state index in [9.17, 15) is 9.90 Å². The van der Waals surface area contributed by atoms with Crippen LogP contribution in [0.15, 0.2) is 0 Å². The first kappa shape index (κ1) is 9.97. The number of nitrogens with one attached hydrogen (secondary N) is 2. The third-order valence-corrected chi connectivity index (χ3v) is 2.93. The topological polar surface area (TPSA) is 128 Å². The summed E-state index contributed by atoms with van der Waals surface area (Å²) in [6.45, 7) is -0.154. The van der Waals surface area contributed by atoms with E-state index >= 15 is 0 Å². The highest BCUT2D eigenvalue weighted by Gasteiger charge is 2.34. The lowest BCUT2D eigenvalue weighted by molar-refractivity contribution is 0.0688. The number of hydrogen-bond acceptors (Lipinski definition) is 5. The van der Waals surface area contributed by atoms with Gasteiger partial charge in [0.15, 0.2) is 0 Å². The van der Waals surface area contributed by atoms with Crippen LogP contribution >= 0.6 is 0 Å². The van der Waals surface area contributed by atoms with Gasteiger partial charge < -0.3 is 10.2 Å². The Kier molecular flexibility index (Phi) is 1.99. The Morgan fingerprint density at radius 3 is 2.88 bits per heavy atom. The highest BCUT2D eigenvalue weighted by Crippen LogP contribution is 2.37. The lowest BCUT2D eigenvalue weighted by Crippen LogP contribution is -2.16. The Bertz CT molecular complexity index is 587. The predicted molar refractivity (Wildman–Crippen MR) is 54.5 cm³/mol. The molecule has 1 atom stereocenters. The second-order valence-corrected chi connectivity index (χ2v) is 3.87. The third kappa shape index (κ3) is 1.27. The van der Waals surface area contributed by atoms with E-state index in [2.05, 4.69) is 25.6 Å². The molecule has 0 aromatic carbocycles. The van der Waals surface area contributed by atoms with E-state index in [1.165, 1.54) is 0 Å². The van der Waals surface area contributed by atoms with Gasteiger partial charge in [0.1, 0.15) is 17.1 Å². The fourth-order valence-corrected chi connectivity index (χ4v) is 2.17. The summed E-state index contributed by atoms with van der Waals surface area (Å²) in [5.41, 5.74) is 2.21. The smallest absolute Gasteiger partial charge is 0.354 e. The summed E-state index contributed by atoms with van der Waals surface area (Å²) in [4.78, 5) is 11.0.